The fourth-order valence-corrected chi connectivity index (χ4v) is 3.16. The van der Waals surface area contributed by atoms with Crippen LogP contribution >= 0.6 is 0 Å². The molecule has 1 aliphatic heterocycles. The third kappa shape index (κ3) is 3.44. The molecule has 1 fully saturated rings. The van der Waals surface area contributed by atoms with Gasteiger partial charge < -0.3 is 14.5 Å². The Kier molecular flexibility index (Phi) is 4.64. The zero-order valence-corrected chi connectivity index (χ0v) is 14.4. The molecule has 3 aromatic rings. The summed E-state index contributed by atoms with van der Waals surface area (Å²) in [7, 11) is 0. The molecule has 4 rings (SSSR count). The van der Waals surface area contributed by atoms with E-state index >= 15 is 0 Å². The lowest BCUT2D eigenvalue weighted by atomic mass is 10.2. The first-order valence-corrected chi connectivity index (χ1v) is 8.71. The molecule has 0 atom stereocenters. The number of carbonyl (C=O) groups is 1. The molecule has 2 heterocycles. The van der Waals surface area contributed by atoms with Gasteiger partial charge in [0, 0.05) is 31.6 Å². The van der Waals surface area contributed by atoms with E-state index in [4.69, 9.17) is 4.74 Å². The summed E-state index contributed by atoms with van der Waals surface area (Å²) < 4.78 is 5.56. The number of amides is 1. The van der Waals surface area contributed by atoms with Crippen LogP contribution in [-0.2, 0) is 4.79 Å². The molecular formula is C20H20N4O2. The molecule has 1 aromatic heterocycles. The second-order valence-corrected chi connectivity index (χ2v) is 6.18. The Morgan fingerprint density at radius 3 is 2.46 bits per heavy atom. The summed E-state index contributed by atoms with van der Waals surface area (Å²) in [6.07, 6.45) is 1.60. The molecule has 0 radical (unpaired) electrons. The topological polar surface area (TPSA) is 58.6 Å². The Labute approximate surface area is 152 Å². The number of rotatable bonds is 4. The van der Waals surface area contributed by atoms with Crippen LogP contribution in [0.2, 0.25) is 0 Å². The molecule has 0 unspecified atom stereocenters. The normalized spacial score (nSPS) is 14.5. The van der Waals surface area contributed by atoms with Crippen molar-refractivity contribution >= 4 is 22.6 Å². The lowest BCUT2D eigenvalue weighted by Gasteiger charge is -2.35. The fraction of sp³-hybridized carbons (Fsp3) is 0.250. The van der Waals surface area contributed by atoms with Crippen molar-refractivity contribution in [2.75, 3.05) is 37.7 Å². The Bertz CT molecular complexity index is 887. The van der Waals surface area contributed by atoms with E-state index in [-0.39, 0.29) is 12.5 Å². The number of ether oxygens (including phenoxy) is 1. The predicted molar refractivity (Wildman–Crippen MR) is 100 cm³/mol. The zero-order chi connectivity index (χ0) is 17.8. The second kappa shape index (κ2) is 7.39. The number of benzene rings is 2. The summed E-state index contributed by atoms with van der Waals surface area (Å²) in [4.78, 5) is 25.2. The lowest BCUT2D eigenvalue weighted by Crippen LogP contribution is -2.50. The maximum atomic E-state index is 12.4. The molecule has 1 aliphatic rings. The van der Waals surface area contributed by atoms with E-state index in [0.717, 1.165) is 29.8 Å². The number of anilines is 1. The Hall–Kier alpha value is -3.15. The summed E-state index contributed by atoms with van der Waals surface area (Å²) in [5.74, 6) is 1.66. The summed E-state index contributed by atoms with van der Waals surface area (Å²) in [6, 6.07) is 17.4. The standard InChI is InChI=1S/C20H20N4O2/c25-19(14-26-16-6-2-1-3-7-16)23-10-12-24(13-11-23)20-17-8-4-5-9-18(17)21-15-22-20/h1-9,15H,10-14H2. The van der Waals surface area contributed by atoms with Crippen molar-refractivity contribution in [2.45, 2.75) is 0 Å². The van der Waals surface area contributed by atoms with Crippen LogP contribution < -0.4 is 9.64 Å². The van der Waals surface area contributed by atoms with E-state index in [0.29, 0.717) is 18.8 Å². The first kappa shape index (κ1) is 16.3. The van der Waals surface area contributed by atoms with E-state index < -0.39 is 0 Å². The Balaban J connectivity index is 1.37. The van der Waals surface area contributed by atoms with Crippen LogP contribution in [0, 0.1) is 0 Å². The van der Waals surface area contributed by atoms with Crippen LogP contribution in [0.25, 0.3) is 10.9 Å². The molecule has 0 saturated carbocycles. The van der Waals surface area contributed by atoms with Gasteiger partial charge in [-0.25, -0.2) is 9.97 Å². The summed E-state index contributed by atoms with van der Waals surface area (Å²) in [6.45, 7) is 2.89. The molecule has 6 nitrogen and oxygen atoms in total. The number of fused-ring (bicyclic) bond motifs is 1. The van der Waals surface area contributed by atoms with Gasteiger partial charge in [0.2, 0.25) is 0 Å². The molecule has 1 amide bonds. The van der Waals surface area contributed by atoms with Crippen molar-refractivity contribution in [1.29, 1.82) is 0 Å². The molecule has 132 valence electrons. The fourth-order valence-electron chi connectivity index (χ4n) is 3.16. The van der Waals surface area contributed by atoms with Crippen LogP contribution in [0.4, 0.5) is 5.82 Å². The first-order chi connectivity index (χ1) is 12.8. The third-order valence-corrected chi connectivity index (χ3v) is 4.56. The highest BCUT2D eigenvalue weighted by Gasteiger charge is 2.23. The van der Waals surface area contributed by atoms with Gasteiger partial charge in [-0.1, -0.05) is 30.3 Å². The van der Waals surface area contributed by atoms with Crippen molar-refractivity contribution in [3.63, 3.8) is 0 Å². The highest BCUT2D eigenvalue weighted by molar-refractivity contribution is 5.89. The van der Waals surface area contributed by atoms with E-state index in [1.165, 1.54) is 0 Å². The van der Waals surface area contributed by atoms with Gasteiger partial charge in [0.25, 0.3) is 5.91 Å². The van der Waals surface area contributed by atoms with Crippen LogP contribution in [0.1, 0.15) is 0 Å². The average Bonchev–Trinajstić information content (AvgIpc) is 2.72. The van der Waals surface area contributed by atoms with E-state index in [1.807, 2.05) is 59.5 Å². The molecule has 1 saturated heterocycles. The van der Waals surface area contributed by atoms with Crippen molar-refractivity contribution in [2.24, 2.45) is 0 Å². The second-order valence-electron chi connectivity index (χ2n) is 6.18. The van der Waals surface area contributed by atoms with Gasteiger partial charge in [-0.2, -0.15) is 0 Å². The van der Waals surface area contributed by atoms with Gasteiger partial charge in [0.05, 0.1) is 5.52 Å². The molecule has 0 spiro atoms. The largest absolute Gasteiger partial charge is 0.484 e. The quantitative estimate of drug-likeness (QED) is 0.724. The zero-order valence-electron chi connectivity index (χ0n) is 14.4. The number of nitrogens with zero attached hydrogens (tertiary/aromatic N) is 4. The summed E-state index contributed by atoms with van der Waals surface area (Å²) in [5.41, 5.74) is 0.937. The number of aromatic nitrogens is 2. The number of para-hydroxylation sites is 2. The first-order valence-electron chi connectivity index (χ1n) is 8.71. The van der Waals surface area contributed by atoms with E-state index in [2.05, 4.69) is 14.9 Å². The summed E-state index contributed by atoms with van der Waals surface area (Å²) in [5, 5.41) is 1.04. The van der Waals surface area contributed by atoms with Gasteiger partial charge in [-0.05, 0) is 24.3 Å². The van der Waals surface area contributed by atoms with E-state index in [9.17, 15) is 4.79 Å². The molecular weight excluding hydrogens is 328 g/mol. The van der Waals surface area contributed by atoms with Crippen molar-refractivity contribution in [1.82, 2.24) is 14.9 Å². The number of carbonyl (C=O) groups excluding carboxylic acids is 1. The average molecular weight is 348 g/mol. The van der Waals surface area contributed by atoms with Gasteiger partial charge in [-0.3, -0.25) is 4.79 Å². The van der Waals surface area contributed by atoms with Crippen LogP contribution in [-0.4, -0.2) is 53.6 Å². The summed E-state index contributed by atoms with van der Waals surface area (Å²) >= 11 is 0. The highest BCUT2D eigenvalue weighted by Crippen LogP contribution is 2.23. The van der Waals surface area contributed by atoms with Crippen molar-refractivity contribution in [3.05, 3.63) is 60.9 Å². The Morgan fingerprint density at radius 1 is 0.923 bits per heavy atom. The molecule has 2 aromatic carbocycles. The molecule has 0 N–H and O–H groups in total. The highest BCUT2D eigenvalue weighted by atomic mass is 16.5. The van der Waals surface area contributed by atoms with Gasteiger partial charge >= 0.3 is 0 Å². The third-order valence-electron chi connectivity index (χ3n) is 4.56. The Morgan fingerprint density at radius 2 is 1.65 bits per heavy atom. The number of piperazine rings is 1. The molecule has 0 aliphatic carbocycles. The van der Waals surface area contributed by atoms with Crippen LogP contribution in [0.3, 0.4) is 0 Å². The molecule has 26 heavy (non-hydrogen) atoms. The molecule has 0 bridgehead atoms. The SMILES string of the molecule is O=C(COc1ccccc1)N1CCN(c2ncnc3ccccc23)CC1. The monoisotopic (exact) mass is 348 g/mol. The van der Waals surface area contributed by atoms with Crippen LogP contribution in [0.5, 0.6) is 5.75 Å². The van der Waals surface area contributed by atoms with Crippen molar-refractivity contribution in [3.8, 4) is 5.75 Å². The van der Waals surface area contributed by atoms with Crippen LogP contribution in [0.15, 0.2) is 60.9 Å². The maximum absolute atomic E-state index is 12.4. The minimum Gasteiger partial charge on any atom is -0.484 e. The van der Waals surface area contributed by atoms with Gasteiger partial charge in [-0.15, -0.1) is 0 Å². The molecule has 6 heteroatoms. The smallest absolute Gasteiger partial charge is 0.260 e. The predicted octanol–water partition coefficient (Wildman–Crippen LogP) is 2.36. The minimum atomic E-state index is 0.0149. The lowest BCUT2D eigenvalue weighted by molar-refractivity contribution is -0.133. The van der Waals surface area contributed by atoms with Gasteiger partial charge in [0.1, 0.15) is 17.9 Å². The van der Waals surface area contributed by atoms with E-state index in [1.54, 1.807) is 6.33 Å². The maximum Gasteiger partial charge on any atom is 0.260 e. The number of hydrogen-bond donors (Lipinski definition) is 0. The minimum absolute atomic E-state index is 0.0149. The number of hydrogen-bond acceptors (Lipinski definition) is 5. The van der Waals surface area contributed by atoms with Gasteiger partial charge in [0.15, 0.2) is 6.61 Å². The van der Waals surface area contributed by atoms with Crippen molar-refractivity contribution < 1.29 is 9.53 Å².